The molecule has 5 rings (SSSR count). The van der Waals surface area contributed by atoms with Crippen LogP contribution in [0.15, 0.2) is 87.8 Å². The van der Waals surface area contributed by atoms with Crippen molar-refractivity contribution >= 4 is 33.4 Å². The smallest absolute Gasteiger partial charge is 0.267 e. The van der Waals surface area contributed by atoms with Crippen LogP contribution in [0.3, 0.4) is 0 Å². The summed E-state index contributed by atoms with van der Waals surface area (Å²) in [7, 11) is 1.58. The zero-order chi connectivity index (χ0) is 21.4. The summed E-state index contributed by atoms with van der Waals surface area (Å²) in [6.07, 6.45) is 0. The van der Waals surface area contributed by atoms with Crippen LogP contribution in [0.25, 0.3) is 27.5 Å². The Labute approximate surface area is 176 Å². The summed E-state index contributed by atoms with van der Waals surface area (Å²) in [6, 6.07) is 21.4. The fourth-order valence-electron chi connectivity index (χ4n) is 3.46. The Kier molecular flexibility index (Phi) is 4.44. The highest BCUT2D eigenvalue weighted by molar-refractivity contribution is 5.94. The first kappa shape index (κ1) is 18.6. The monoisotopic (exact) mass is 411 g/mol. The van der Waals surface area contributed by atoms with Crippen molar-refractivity contribution in [2.75, 3.05) is 7.11 Å². The quantitative estimate of drug-likeness (QED) is 0.406. The van der Waals surface area contributed by atoms with E-state index in [1.54, 1.807) is 55.6 Å². The summed E-state index contributed by atoms with van der Waals surface area (Å²) in [4.78, 5) is 20.7. The molecule has 8 nitrogen and oxygen atoms in total. The van der Waals surface area contributed by atoms with E-state index in [0.717, 1.165) is 5.52 Å². The minimum Gasteiger partial charge on any atom is -0.497 e. The van der Waals surface area contributed by atoms with Crippen molar-refractivity contribution in [1.29, 1.82) is 0 Å². The van der Waals surface area contributed by atoms with Gasteiger partial charge in [-0.15, -0.1) is 10.2 Å². The lowest BCUT2D eigenvalue weighted by Gasteiger charge is -2.10. The van der Waals surface area contributed by atoms with Crippen LogP contribution in [0.2, 0.25) is 0 Å². The molecule has 5 aromatic rings. The lowest BCUT2D eigenvalue weighted by Crippen LogP contribution is -2.19. The number of H-pyrrole nitrogens is 1. The van der Waals surface area contributed by atoms with E-state index in [2.05, 4.69) is 20.2 Å². The van der Waals surface area contributed by atoms with Gasteiger partial charge in [0.15, 0.2) is 5.69 Å². The summed E-state index contributed by atoms with van der Waals surface area (Å²) in [5.41, 5.74) is 1.82. The number of fused-ring (bicyclic) bond motifs is 2. The number of rotatable bonds is 4. The second kappa shape index (κ2) is 7.42. The third-order valence-corrected chi connectivity index (χ3v) is 4.99. The van der Waals surface area contributed by atoms with Crippen molar-refractivity contribution in [3.05, 3.63) is 83.2 Å². The lowest BCUT2D eigenvalue weighted by atomic mass is 10.2. The Morgan fingerprint density at radius 2 is 1.65 bits per heavy atom. The average Bonchev–Trinajstić information content (AvgIpc) is 3.13. The third-order valence-electron chi connectivity index (χ3n) is 4.99. The van der Waals surface area contributed by atoms with Crippen LogP contribution in [-0.4, -0.2) is 26.8 Å². The maximum Gasteiger partial charge on any atom is 0.267 e. The number of methoxy groups -OCH3 is 1. The van der Waals surface area contributed by atoms with Gasteiger partial charge in [-0.25, -0.2) is 9.55 Å². The summed E-state index contributed by atoms with van der Waals surface area (Å²) in [6.45, 7) is 0. The van der Waals surface area contributed by atoms with E-state index in [9.17, 15) is 9.90 Å². The summed E-state index contributed by atoms with van der Waals surface area (Å²) < 4.78 is 6.60. The number of para-hydroxylation sites is 2. The number of aromatic nitrogens is 3. The maximum absolute atomic E-state index is 13.3. The van der Waals surface area contributed by atoms with Gasteiger partial charge in [0.05, 0.1) is 29.2 Å². The molecule has 2 heterocycles. The minimum absolute atomic E-state index is 0.0959. The molecule has 31 heavy (non-hydrogen) atoms. The van der Waals surface area contributed by atoms with Crippen LogP contribution < -0.4 is 10.3 Å². The molecule has 0 aliphatic heterocycles. The minimum atomic E-state index is -0.270. The zero-order valence-electron chi connectivity index (χ0n) is 16.5. The maximum atomic E-state index is 13.3. The number of hydrogen-bond donors (Lipinski definition) is 2. The van der Waals surface area contributed by atoms with E-state index in [0.29, 0.717) is 27.7 Å². The topological polar surface area (TPSA) is 105 Å². The highest BCUT2D eigenvalue weighted by Crippen LogP contribution is 2.36. The Hall–Kier alpha value is -4.46. The predicted molar refractivity (Wildman–Crippen MR) is 118 cm³/mol. The number of aromatic amines is 1. The lowest BCUT2D eigenvalue weighted by molar-refractivity contribution is 0.414. The molecule has 3 aromatic carbocycles. The third kappa shape index (κ3) is 3.20. The number of azo groups is 1. The number of benzene rings is 3. The number of ether oxygens (including phenoxy) is 1. The van der Waals surface area contributed by atoms with Gasteiger partial charge in [-0.1, -0.05) is 30.3 Å². The number of nitrogens with one attached hydrogen (secondary N) is 1. The van der Waals surface area contributed by atoms with Crippen LogP contribution in [0.1, 0.15) is 0 Å². The van der Waals surface area contributed by atoms with Crippen molar-refractivity contribution in [2.24, 2.45) is 10.2 Å². The fraction of sp³-hybridized carbons (Fsp3) is 0.0435. The summed E-state index contributed by atoms with van der Waals surface area (Å²) in [5.74, 6) is 0.653. The van der Waals surface area contributed by atoms with E-state index >= 15 is 0 Å². The van der Waals surface area contributed by atoms with E-state index in [1.807, 2.05) is 24.3 Å². The van der Waals surface area contributed by atoms with Gasteiger partial charge in [0.2, 0.25) is 5.88 Å². The van der Waals surface area contributed by atoms with Crippen LogP contribution in [0, 0.1) is 0 Å². The Balaban J connectivity index is 1.72. The Morgan fingerprint density at radius 3 is 2.42 bits per heavy atom. The standard InChI is InChI=1S/C23H17N5O3/c1-31-15-12-10-14(11-13-15)28-22(30)17-7-3-5-9-19(17)25-23(28)27-26-20-16-6-2-4-8-18(16)24-21(20)29/h2-13,24,29H,1H3. The van der Waals surface area contributed by atoms with Gasteiger partial charge < -0.3 is 14.8 Å². The summed E-state index contributed by atoms with van der Waals surface area (Å²) >= 11 is 0. The number of nitrogens with zero attached hydrogens (tertiary/aromatic N) is 4. The molecule has 8 heteroatoms. The molecule has 0 radical (unpaired) electrons. The molecule has 0 saturated heterocycles. The first-order chi connectivity index (χ1) is 15.2. The first-order valence-corrected chi connectivity index (χ1v) is 9.53. The number of aromatic hydroxyl groups is 1. The average molecular weight is 411 g/mol. The van der Waals surface area contributed by atoms with E-state index in [1.165, 1.54) is 4.57 Å². The highest BCUT2D eigenvalue weighted by Gasteiger charge is 2.14. The molecule has 0 fully saturated rings. The molecule has 0 aliphatic rings. The molecule has 2 aromatic heterocycles. The van der Waals surface area contributed by atoms with Crippen molar-refractivity contribution in [2.45, 2.75) is 0 Å². The van der Waals surface area contributed by atoms with E-state index < -0.39 is 0 Å². The van der Waals surface area contributed by atoms with Gasteiger partial charge in [0, 0.05) is 5.39 Å². The molecule has 0 saturated carbocycles. The van der Waals surface area contributed by atoms with Crippen LogP contribution in [-0.2, 0) is 0 Å². The van der Waals surface area contributed by atoms with Crippen molar-refractivity contribution < 1.29 is 9.84 Å². The fourth-order valence-corrected chi connectivity index (χ4v) is 3.46. The van der Waals surface area contributed by atoms with E-state index in [4.69, 9.17) is 4.74 Å². The molecule has 0 bridgehead atoms. The Morgan fingerprint density at radius 1 is 0.935 bits per heavy atom. The molecule has 0 aliphatic carbocycles. The van der Waals surface area contributed by atoms with Crippen LogP contribution in [0.4, 0.5) is 11.6 Å². The molecule has 0 atom stereocenters. The normalized spacial score (nSPS) is 11.5. The SMILES string of the molecule is COc1ccc(-n2c(N=Nc3c(O)[nH]c4ccccc34)nc3ccccc3c2=O)cc1. The van der Waals surface area contributed by atoms with Crippen molar-refractivity contribution in [3.63, 3.8) is 0 Å². The van der Waals surface area contributed by atoms with Crippen LogP contribution in [0.5, 0.6) is 11.6 Å². The highest BCUT2D eigenvalue weighted by atomic mass is 16.5. The Bertz CT molecular complexity index is 1500. The van der Waals surface area contributed by atoms with Crippen molar-refractivity contribution in [1.82, 2.24) is 14.5 Å². The van der Waals surface area contributed by atoms with Gasteiger partial charge in [0.25, 0.3) is 11.5 Å². The molecular formula is C23H17N5O3. The largest absolute Gasteiger partial charge is 0.497 e. The summed E-state index contributed by atoms with van der Waals surface area (Å²) in [5, 5.41) is 19.9. The van der Waals surface area contributed by atoms with Gasteiger partial charge >= 0.3 is 0 Å². The second-order valence-corrected chi connectivity index (χ2v) is 6.84. The van der Waals surface area contributed by atoms with Gasteiger partial charge in [-0.3, -0.25) is 4.79 Å². The second-order valence-electron chi connectivity index (χ2n) is 6.84. The van der Waals surface area contributed by atoms with Gasteiger partial charge in [0.1, 0.15) is 5.75 Å². The van der Waals surface area contributed by atoms with Gasteiger partial charge in [-0.2, -0.15) is 0 Å². The number of hydrogen-bond acceptors (Lipinski definition) is 6. The first-order valence-electron chi connectivity index (χ1n) is 9.53. The van der Waals surface area contributed by atoms with E-state index in [-0.39, 0.29) is 23.1 Å². The molecule has 2 N–H and O–H groups in total. The molecule has 152 valence electrons. The molecule has 0 unspecified atom stereocenters. The molecule has 0 amide bonds. The zero-order valence-corrected chi connectivity index (χ0v) is 16.5. The van der Waals surface area contributed by atoms with Crippen LogP contribution >= 0.6 is 0 Å². The molecule has 0 spiro atoms. The van der Waals surface area contributed by atoms with Gasteiger partial charge in [-0.05, 0) is 42.5 Å². The molecular weight excluding hydrogens is 394 g/mol. The predicted octanol–water partition coefficient (Wildman–Crippen LogP) is 5.00. The van der Waals surface area contributed by atoms with Crippen molar-refractivity contribution in [3.8, 4) is 17.3 Å².